The Hall–Kier alpha value is -1.47. The molecule has 2 aliphatic rings. The number of amides is 1. The maximum atomic E-state index is 12.2. The lowest BCUT2D eigenvalue weighted by Gasteiger charge is -2.25. The summed E-state index contributed by atoms with van der Waals surface area (Å²) >= 11 is 0. The molecule has 7 heteroatoms. The Bertz CT molecular complexity index is 487. The molecule has 1 saturated heterocycles. The van der Waals surface area contributed by atoms with Crippen LogP contribution in [0.5, 0.6) is 0 Å². The van der Waals surface area contributed by atoms with Crippen molar-refractivity contribution in [3.05, 3.63) is 12.4 Å². The summed E-state index contributed by atoms with van der Waals surface area (Å²) in [5, 5.41) is 18.2. The van der Waals surface area contributed by atoms with Crippen molar-refractivity contribution in [3.63, 3.8) is 0 Å². The Kier molecular flexibility index (Phi) is 4.73. The van der Waals surface area contributed by atoms with Gasteiger partial charge in [0.1, 0.15) is 12.2 Å². The number of nitrogens with zero attached hydrogens (tertiary/aromatic N) is 4. The van der Waals surface area contributed by atoms with E-state index in [2.05, 4.69) is 10.3 Å². The summed E-state index contributed by atoms with van der Waals surface area (Å²) in [5.74, 6) is -0.0277. The zero-order valence-corrected chi connectivity index (χ0v) is 12.9. The van der Waals surface area contributed by atoms with E-state index in [-0.39, 0.29) is 18.6 Å². The molecule has 1 N–H and O–H groups in total. The van der Waals surface area contributed by atoms with Crippen LogP contribution < -0.4 is 0 Å². The molecule has 0 radical (unpaired) electrons. The second kappa shape index (κ2) is 6.75. The van der Waals surface area contributed by atoms with Crippen LogP contribution in [0, 0.1) is 0 Å². The minimum atomic E-state index is -0.922. The molecule has 3 rings (SSSR count). The summed E-state index contributed by atoms with van der Waals surface area (Å²) in [6.45, 7) is 1.39. The third-order valence-corrected chi connectivity index (χ3v) is 4.61. The highest BCUT2D eigenvalue weighted by Crippen LogP contribution is 2.24. The first kappa shape index (κ1) is 15.4. The molecule has 1 saturated carbocycles. The van der Waals surface area contributed by atoms with Crippen LogP contribution in [-0.4, -0.2) is 62.3 Å². The number of carbonyl (C=O) groups excluding carboxylic acids is 1. The van der Waals surface area contributed by atoms with Gasteiger partial charge in [0.25, 0.3) is 0 Å². The van der Waals surface area contributed by atoms with Crippen molar-refractivity contribution in [3.8, 4) is 0 Å². The number of rotatable bonds is 5. The topological polar surface area (TPSA) is 80.5 Å². The van der Waals surface area contributed by atoms with Crippen LogP contribution in [-0.2, 0) is 16.1 Å². The standard InChI is InChI=1S/C15H24N4O3/c20-14(10-22-13-4-2-1-3-5-13)18-8-6-15(21,11-18)12-19-9-7-16-17-19/h7,9,13,21H,1-6,8,10-12H2. The fourth-order valence-corrected chi connectivity index (χ4v) is 3.33. The number of β-amino-alcohol motifs (C(OH)–C–C–N with tert-alkyl or cyclic N) is 1. The van der Waals surface area contributed by atoms with Crippen molar-refractivity contribution in [1.29, 1.82) is 0 Å². The summed E-state index contributed by atoms with van der Waals surface area (Å²) in [6.07, 6.45) is 9.87. The number of likely N-dealkylation sites (tertiary alicyclic amines) is 1. The van der Waals surface area contributed by atoms with E-state index in [1.54, 1.807) is 22.0 Å². The molecule has 0 spiro atoms. The lowest BCUT2D eigenvalue weighted by molar-refractivity contribution is -0.138. The summed E-state index contributed by atoms with van der Waals surface area (Å²) in [4.78, 5) is 13.9. The third-order valence-electron chi connectivity index (χ3n) is 4.61. The monoisotopic (exact) mass is 308 g/mol. The van der Waals surface area contributed by atoms with E-state index < -0.39 is 5.60 Å². The maximum Gasteiger partial charge on any atom is 0.248 e. The molecule has 1 aromatic rings. The Labute approximate surface area is 130 Å². The molecule has 2 fully saturated rings. The van der Waals surface area contributed by atoms with Gasteiger partial charge in [-0.2, -0.15) is 0 Å². The molecule has 7 nitrogen and oxygen atoms in total. The number of ether oxygens (including phenoxy) is 1. The normalized spacial score (nSPS) is 26.5. The van der Waals surface area contributed by atoms with Crippen LogP contribution in [0.1, 0.15) is 38.5 Å². The van der Waals surface area contributed by atoms with Crippen molar-refractivity contribution in [2.75, 3.05) is 19.7 Å². The van der Waals surface area contributed by atoms with Gasteiger partial charge in [0.15, 0.2) is 0 Å². The van der Waals surface area contributed by atoms with Crippen molar-refractivity contribution in [2.24, 2.45) is 0 Å². The van der Waals surface area contributed by atoms with E-state index in [0.29, 0.717) is 26.1 Å². The third kappa shape index (κ3) is 3.84. The van der Waals surface area contributed by atoms with Gasteiger partial charge in [-0.25, -0.2) is 4.68 Å². The molecule has 2 heterocycles. The highest BCUT2D eigenvalue weighted by molar-refractivity contribution is 5.77. The number of aliphatic hydroxyl groups is 1. The lowest BCUT2D eigenvalue weighted by Crippen LogP contribution is -2.41. The van der Waals surface area contributed by atoms with Crippen molar-refractivity contribution < 1.29 is 14.6 Å². The fraction of sp³-hybridized carbons (Fsp3) is 0.800. The van der Waals surface area contributed by atoms with Gasteiger partial charge in [0, 0.05) is 12.7 Å². The zero-order chi connectivity index (χ0) is 15.4. The smallest absolute Gasteiger partial charge is 0.248 e. The zero-order valence-electron chi connectivity index (χ0n) is 12.9. The van der Waals surface area contributed by atoms with Crippen LogP contribution in [0.3, 0.4) is 0 Å². The van der Waals surface area contributed by atoms with E-state index in [4.69, 9.17) is 4.74 Å². The Morgan fingerprint density at radius 2 is 2.18 bits per heavy atom. The number of carbonyl (C=O) groups is 1. The lowest BCUT2D eigenvalue weighted by atomic mass is 9.98. The second-order valence-electron chi connectivity index (χ2n) is 6.46. The molecule has 0 aromatic carbocycles. The highest BCUT2D eigenvalue weighted by Gasteiger charge is 2.38. The molecule has 22 heavy (non-hydrogen) atoms. The fourth-order valence-electron chi connectivity index (χ4n) is 3.33. The Morgan fingerprint density at radius 1 is 1.36 bits per heavy atom. The van der Waals surface area contributed by atoms with Crippen LogP contribution in [0.2, 0.25) is 0 Å². The summed E-state index contributed by atoms with van der Waals surface area (Å²) in [5.41, 5.74) is -0.922. The highest BCUT2D eigenvalue weighted by atomic mass is 16.5. The van der Waals surface area contributed by atoms with Crippen LogP contribution in [0.15, 0.2) is 12.4 Å². The Balaban J connectivity index is 1.45. The van der Waals surface area contributed by atoms with Gasteiger partial charge in [-0.1, -0.05) is 24.5 Å². The minimum absolute atomic E-state index is 0.0277. The van der Waals surface area contributed by atoms with Crippen molar-refractivity contribution >= 4 is 5.91 Å². The predicted octanol–water partition coefficient (Wildman–Crippen LogP) is 0.591. The molecule has 1 aromatic heterocycles. The molecule has 1 aliphatic carbocycles. The van der Waals surface area contributed by atoms with Crippen LogP contribution >= 0.6 is 0 Å². The molecule has 1 unspecified atom stereocenters. The predicted molar refractivity (Wildman–Crippen MR) is 79.0 cm³/mol. The average molecular weight is 308 g/mol. The summed E-state index contributed by atoms with van der Waals surface area (Å²) in [6, 6.07) is 0. The van der Waals surface area contributed by atoms with Gasteiger partial charge in [-0.3, -0.25) is 4.79 Å². The van der Waals surface area contributed by atoms with E-state index in [9.17, 15) is 9.90 Å². The first-order chi connectivity index (χ1) is 10.6. The molecule has 1 aliphatic heterocycles. The molecule has 0 bridgehead atoms. The van der Waals surface area contributed by atoms with Gasteiger partial charge in [-0.05, 0) is 19.3 Å². The number of aromatic nitrogens is 3. The largest absolute Gasteiger partial charge is 0.386 e. The van der Waals surface area contributed by atoms with Crippen molar-refractivity contribution in [2.45, 2.75) is 56.8 Å². The molecule has 122 valence electrons. The Morgan fingerprint density at radius 3 is 2.91 bits per heavy atom. The summed E-state index contributed by atoms with van der Waals surface area (Å²) < 4.78 is 7.33. The van der Waals surface area contributed by atoms with E-state index >= 15 is 0 Å². The van der Waals surface area contributed by atoms with Crippen molar-refractivity contribution in [1.82, 2.24) is 19.9 Å². The maximum absolute atomic E-state index is 12.2. The van der Waals surface area contributed by atoms with Gasteiger partial charge in [0.05, 0.1) is 25.4 Å². The molecular weight excluding hydrogens is 284 g/mol. The van der Waals surface area contributed by atoms with Crippen LogP contribution in [0.25, 0.3) is 0 Å². The quantitative estimate of drug-likeness (QED) is 0.861. The van der Waals surface area contributed by atoms with E-state index in [0.717, 1.165) is 12.8 Å². The van der Waals surface area contributed by atoms with E-state index in [1.807, 2.05) is 0 Å². The minimum Gasteiger partial charge on any atom is -0.386 e. The SMILES string of the molecule is O=C(COC1CCCCC1)N1CCC(O)(Cn2ccnn2)C1. The van der Waals surface area contributed by atoms with Gasteiger partial charge < -0.3 is 14.7 Å². The van der Waals surface area contributed by atoms with Gasteiger partial charge in [-0.15, -0.1) is 5.10 Å². The molecular formula is C15H24N4O3. The average Bonchev–Trinajstić information content (AvgIpc) is 3.16. The van der Waals surface area contributed by atoms with Gasteiger partial charge >= 0.3 is 0 Å². The van der Waals surface area contributed by atoms with Crippen LogP contribution in [0.4, 0.5) is 0 Å². The van der Waals surface area contributed by atoms with Gasteiger partial charge in [0.2, 0.25) is 5.91 Å². The number of hydrogen-bond donors (Lipinski definition) is 1. The molecule has 1 amide bonds. The first-order valence-electron chi connectivity index (χ1n) is 8.10. The van der Waals surface area contributed by atoms with E-state index in [1.165, 1.54) is 19.3 Å². The first-order valence-corrected chi connectivity index (χ1v) is 8.10. The summed E-state index contributed by atoms with van der Waals surface area (Å²) in [7, 11) is 0. The second-order valence-corrected chi connectivity index (χ2v) is 6.46. The number of hydrogen-bond acceptors (Lipinski definition) is 5. The molecule has 1 atom stereocenters.